The van der Waals surface area contributed by atoms with Gasteiger partial charge in [0.15, 0.2) is 5.78 Å². The lowest BCUT2D eigenvalue weighted by Gasteiger charge is -1.97. The summed E-state index contributed by atoms with van der Waals surface area (Å²) in [5.74, 6) is 5.59. The van der Waals surface area contributed by atoms with Crippen LogP contribution in [0.15, 0.2) is 60.7 Å². The van der Waals surface area contributed by atoms with E-state index in [1.807, 2.05) is 30.3 Å². The lowest BCUT2D eigenvalue weighted by molar-refractivity contribution is 0.0952. The number of aromatic nitrogens is 2. The van der Waals surface area contributed by atoms with Gasteiger partial charge in [0.25, 0.3) is 5.91 Å². The molecule has 5 heteroatoms. The quantitative estimate of drug-likeness (QED) is 0.565. The normalized spacial score (nSPS) is 9.88. The van der Waals surface area contributed by atoms with Gasteiger partial charge >= 0.3 is 0 Å². The van der Waals surface area contributed by atoms with E-state index in [0.29, 0.717) is 17.0 Å². The predicted octanol–water partition coefficient (Wildman–Crippen LogP) is 3.06. The van der Waals surface area contributed by atoms with Crippen molar-refractivity contribution in [1.29, 1.82) is 0 Å². The molecule has 0 fully saturated rings. The van der Waals surface area contributed by atoms with Crippen LogP contribution in [-0.4, -0.2) is 28.4 Å². The summed E-state index contributed by atoms with van der Waals surface area (Å²) in [6.07, 6.45) is 0. The molecule has 5 nitrogen and oxygen atoms in total. The SMILES string of the molecule is CC(=O)c1ccc(C#CCNC(=O)c2cc(-c3ccccc3)n[nH]2)cc1. The molecule has 0 atom stereocenters. The number of benzene rings is 2. The van der Waals surface area contributed by atoms with Crippen LogP contribution in [0.2, 0.25) is 0 Å². The zero-order chi connectivity index (χ0) is 18.4. The van der Waals surface area contributed by atoms with E-state index in [9.17, 15) is 9.59 Å². The second-order valence-electron chi connectivity index (χ2n) is 5.65. The number of nitrogens with zero attached hydrogens (tertiary/aromatic N) is 1. The summed E-state index contributed by atoms with van der Waals surface area (Å²) in [6, 6.07) is 18.4. The smallest absolute Gasteiger partial charge is 0.270 e. The van der Waals surface area contributed by atoms with E-state index < -0.39 is 0 Å². The van der Waals surface area contributed by atoms with E-state index in [1.54, 1.807) is 30.3 Å². The van der Waals surface area contributed by atoms with Crippen molar-refractivity contribution >= 4 is 11.7 Å². The van der Waals surface area contributed by atoms with Gasteiger partial charge in [-0.25, -0.2) is 0 Å². The van der Waals surface area contributed by atoms with E-state index >= 15 is 0 Å². The van der Waals surface area contributed by atoms with Crippen molar-refractivity contribution in [2.75, 3.05) is 6.54 Å². The first kappa shape index (κ1) is 17.2. The van der Waals surface area contributed by atoms with Gasteiger partial charge in [0.05, 0.1) is 12.2 Å². The number of aromatic amines is 1. The van der Waals surface area contributed by atoms with Crippen LogP contribution in [0.3, 0.4) is 0 Å². The zero-order valence-corrected chi connectivity index (χ0v) is 14.2. The van der Waals surface area contributed by atoms with Crippen molar-refractivity contribution in [2.24, 2.45) is 0 Å². The van der Waals surface area contributed by atoms with Crippen molar-refractivity contribution in [3.05, 3.63) is 77.5 Å². The summed E-state index contributed by atoms with van der Waals surface area (Å²) in [7, 11) is 0. The lowest BCUT2D eigenvalue weighted by atomic mass is 10.1. The largest absolute Gasteiger partial charge is 0.340 e. The third-order valence-electron chi connectivity index (χ3n) is 3.75. The molecule has 2 N–H and O–H groups in total. The number of nitrogens with one attached hydrogen (secondary N) is 2. The number of amides is 1. The van der Waals surface area contributed by atoms with Gasteiger partial charge in [-0.1, -0.05) is 54.3 Å². The van der Waals surface area contributed by atoms with E-state index in [0.717, 1.165) is 11.1 Å². The van der Waals surface area contributed by atoms with Crippen molar-refractivity contribution < 1.29 is 9.59 Å². The standard InChI is InChI=1S/C21H17N3O2/c1-15(25)17-11-9-16(10-12-17)6-5-13-22-21(26)20-14-19(23-24-20)18-7-3-2-4-8-18/h2-4,7-12,14H,13H2,1H3,(H,22,26)(H,23,24). The fourth-order valence-electron chi connectivity index (χ4n) is 2.35. The zero-order valence-electron chi connectivity index (χ0n) is 14.2. The van der Waals surface area contributed by atoms with Crippen LogP contribution >= 0.6 is 0 Å². The highest BCUT2D eigenvalue weighted by molar-refractivity contribution is 5.94. The third kappa shape index (κ3) is 4.25. The molecule has 3 rings (SSSR count). The van der Waals surface area contributed by atoms with Crippen molar-refractivity contribution in [3.63, 3.8) is 0 Å². The van der Waals surface area contributed by atoms with Crippen LogP contribution < -0.4 is 5.32 Å². The monoisotopic (exact) mass is 343 g/mol. The Morgan fingerprint density at radius 3 is 2.50 bits per heavy atom. The first-order valence-corrected chi connectivity index (χ1v) is 8.12. The molecular formula is C21H17N3O2. The summed E-state index contributed by atoms with van der Waals surface area (Å²) >= 11 is 0. The summed E-state index contributed by atoms with van der Waals surface area (Å²) in [4.78, 5) is 23.4. The molecule has 0 spiro atoms. The van der Waals surface area contributed by atoms with Crippen LogP contribution in [-0.2, 0) is 0 Å². The van der Waals surface area contributed by atoms with Crippen LogP contribution in [0.5, 0.6) is 0 Å². The number of carbonyl (C=O) groups is 2. The summed E-state index contributed by atoms with van der Waals surface area (Å²) in [5, 5.41) is 9.62. The van der Waals surface area contributed by atoms with E-state index in [2.05, 4.69) is 27.4 Å². The van der Waals surface area contributed by atoms with E-state index in [-0.39, 0.29) is 18.2 Å². The Kier molecular flexibility index (Phi) is 5.25. The van der Waals surface area contributed by atoms with Gasteiger partial charge in [-0.15, -0.1) is 0 Å². The Hall–Kier alpha value is -3.65. The minimum Gasteiger partial charge on any atom is -0.340 e. The van der Waals surface area contributed by atoms with Gasteiger partial charge < -0.3 is 5.32 Å². The maximum Gasteiger partial charge on any atom is 0.270 e. The van der Waals surface area contributed by atoms with Gasteiger partial charge in [-0.05, 0) is 25.1 Å². The maximum absolute atomic E-state index is 12.1. The van der Waals surface area contributed by atoms with Crippen molar-refractivity contribution in [1.82, 2.24) is 15.5 Å². The molecule has 0 unspecified atom stereocenters. The average Bonchev–Trinajstić information content (AvgIpc) is 3.16. The van der Waals surface area contributed by atoms with Crippen LogP contribution in [0.4, 0.5) is 0 Å². The molecule has 26 heavy (non-hydrogen) atoms. The van der Waals surface area contributed by atoms with Crippen molar-refractivity contribution in [2.45, 2.75) is 6.92 Å². The fourth-order valence-corrected chi connectivity index (χ4v) is 2.35. The summed E-state index contributed by atoms with van der Waals surface area (Å²) in [6.45, 7) is 1.74. The Balaban J connectivity index is 1.57. The molecule has 0 aliphatic heterocycles. The molecule has 3 aromatic rings. The highest BCUT2D eigenvalue weighted by Gasteiger charge is 2.09. The highest BCUT2D eigenvalue weighted by Crippen LogP contribution is 2.16. The number of hydrogen-bond donors (Lipinski definition) is 2. The Morgan fingerprint density at radius 1 is 1.08 bits per heavy atom. The molecule has 128 valence electrons. The average molecular weight is 343 g/mol. The first-order valence-electron chi connectivity index (χ1n) is 8.12. The van der Waals surface area contributed by atoms with Crippen LogP contribution in [0.1, 0.15) is 33.3 Å². The molecule has 0 radical (unpaired) electrons. The number of hydrogen-bond acceptors (Lipinski definition) is 3. The minimum absolute atomic E-state index is 0.0196. The Bertz CT molecular complexity index is 977. The number of rotatable bonds is 4. The molecule has 1 amide bonds. The molecule has 0 saturated heterocycles. The highest BCUT2D eigenvalue weighted by atomic mass is 16.2. The maximum atomic E-state index is 12.1. The Labute approximate surface area is 151 Å². The number of carbonyl (C=O) groups excluding carboxylic acids is 2. The van der Waals surface area contributed by atoms with E-state index in [4.69, 9.17) is 0 Å². The molecule has 0 bridgehead atoms. The first-order chi connectivity index (χ1) is 12.6. The topological polar surface area (TPSA) is 74.8 Å². The number of ketones is 1. The third-order valence-corrected chi connectivity index (χ3v) is 3.75. The van der Waals surface area contributed by atoms with Crippen LogP contribution in [0, 0.1) is 11.8 Å². The summed E-state index contributed by atoms with van der Waals surface area (Å²) < 4.78 is 0. The fraction of sp³-hybridized carbons (Fsp3) is 0.0952. The van der Waals surface area contributed by atoms with E-state index in [1.165, 1.54) is 6.92 Å². The van der Waals surface area contributed by atoms with Crippen molar-refractivity contribution in [3.8, 4) is 23.1 Å². The molecule has 0 saturated carbocycles. The molecule has 2 aromatic carbocycles. The number of H-pyrrole nitrogens is 1. The van der Waals surface area contributed by atoms with Gasteiger partial charge in [0.2, 0.25) is 0 Å². The minimum atomic E-state index is -0.263. The van der Waals surface area contributed by atoms with Gasteiger partial charge in [-0.2, -0.15) is 5.10 Å². The number of Topliss-reactive ketones (excluding diaryl/α,β-unsaturated/α-hetero) is 1. The molecule has 1 heterocycles. The van der Waals surface area contributed by atoms with Gasteiger partial charge in [0.1, 0.15) is 5.69 Å². The molecular weight excluding hydrogens is 326 g/mol. The molecule has 1 aromatic heterocycles. The van der Waals surface area contributed by atoms with Gasteiger partial charge in [-0.3, -0.25) is 14.7 Å². The molecule has 0 aliphatic carbocycles. The predicted molar refractivity (Wildman–Crippen MR) is 99.7 cm³/mol. The Morgan fingerprint density at radius 2 is 1.81 bits per heavy atom. The van der Waals surface area contributed by atoms with Crippen LogP contribution in [0.25, 0.3) is 11.3 Å². The second-order valence-corrected chi connectivity index (χ2v) is 5.65. The summed E-state index contributed by atoms with van der Waals surface area (Å²) in [5.41, 5.74) is 3.48. The van der Waals surface area contributed by atoms with Gasteiger partial charge in [0, 0.05) is 16.7 Å². The lowest BCUT2D eigenvalue weighted by Crippen LogP contribution is -2.23. The second kappa shape index (κ2) is 7.95. The molecule has 0 aliphatic rings.